The molecular formula is C12H9ClN4O3. The van der Waals surface area contributed by atoms with E-state index < -0.39 is 11.0 Å². The Morgan fingerprint density at radius 2 is 1.80 bits per heavy atom. The first-order chi connectivity index (χ1) is 9.54. The molecule has 1 aromatic carbocycles. The Kier molecular flexibility index (Phi) is 4.11. The summed E-state index contributed by atoms with van der Waals surface area (Å²) in [6.45, 7) is 0. The summed E-state index contributed by atoms with van der Waals surface area (Å²) in [4.78, 5) is 25.5. The molecule has 0 saturated heterocycles. The summed E-state index contributed by atoms with van der Waals surface area (Å²) in [5.41, 5.74) is 0.884. The van der Waals surface area contributed by atoms with E-state index in [0.717, 1.165) is 0 Å². The Morgan fingerprint density at radius 1 is 1.15 bits per heavy atom. The summed E-state index contributed by atoms with van der Waals surface area (Å²) in [7, 11) is 0. The quantitative estimate of drug-likeness (QED) is 0.515. The van der Waals surface area contributed by atoms with Crippen LogP contribution in [0.2, 0.25) is 5.15 Å². The topological polar surface area (TPSA) is 97.2 Å². The van der Waals surface area contributed by atoms with E-state index in [2.05, 4.69) is 15.6 Å². The second-order valence-corrected chi connectivity index (χ2v) is 4.14. The number of rotatable bonds is 3. The number of benzene rings is 1. The van der Waals surface area contributed by atoms with Crippen LogP contribution in [0, 0.1) is 10.1 Å². The third-order valence-corrected chi connectivity index (χ3v) is 2.53. The van der Waals surface area contributed by atoms with Crippen LogP contribution in [0.5, 0.6) is 0 Å². The normalized spacial score (nSPS) is 9.85. The van der Waals surface area contributed by atoms with Gasteiger partial charge >= 0.3 is 6.03 Å². The van der Waals surface area contributed by atoms with Crippen molar-refractivity contribution < 1.29 is 9.72 Å². The van der Waals surface area contributed by atoms with E-state index in [-0.39, 0.29) is 10.8 Å². The Bertz CT molecular complexity index is 645. The van der Waals surface area contributed by atoms with E-state index in [1.807, 2.05) is 0 Å². The number of pyridine rings is 1. The third-order valence-electron chi connectivity index (χ3n) is 2.32. The molecule has 0 atom stereocenters. The Hall–Kier alpha value is -2.67. The number of hydrogen-bond donors (Lipinski definition) is 2. The van der Waals surface area contributed by atoms with E-state index in [1.54, 1.807) is 6.07 Å². The number of halogens is 1. The highest BCUT2D eigenvalue weighted by atomic mass is 35.5. The third kappa shape index (κ3) is 3.66. The molecule has 0 fully saturated rings. The zero-order valence-electron chi connectivity index (χ0n) is 10.0. The molecule has 2 rings (SSSR count). The van der Waals surface area contributed by atoms with Crippen molar-refractivity contribution in [2.24, 2.45) is 0 Å². The van der Waals surface area contributed by atoms with Gasteiger partial charge in [0.25, 0.3) is 5.69 Å². The summed E-state index contributed by atoms with van der Waals surface area (Å²) >= 11 is 5.69. The molecule has 0 unspecified atom stereocenters. The van der Waals surface area contributed by atoms with Crippen LogP contribution in [0.3, 0.4) is 0 Å². The van der Waals surface area contributed by atoms with Gasteiger partial charge in [-0.25, -0.2) is 9.78 Å². The smallest absolute Gasteiger partial charge is 0.308 e. The second-order valence-electron chi connectivity index (χ2n) is 3.75. The Balaban J connectivity index is 1.99. The zero-order valence-corrected chi connectivity index (χ0v) is 10.8. The van der Waals surface area contributed by atoms with Gasteiger partial charge in [0, 0.05) is 29.7 Å². The standard InChI is InChI=1S/C12H9ClN4O3/c13-11-7-9(5-6-14-11)16-12(18)15-8-1-3-10(4-2-8)17(19)20/h1-7H,(H2,14,15,16,18). The number of carbonyl (C=O) groups excluding carboxylic acids is 1. The average Bonchev–Trinajstić information content (AvgIpc) is 2.39. The predicted molar refractivity (Wildman–Crippen MR) is 75.0 cm³/mol. The van der Waals surface area contributed by atoms with Crippen molar-refractivity contribution in [3.63, 3.8) is 0 Å². The molecule has 0 bridgehead atoms. The maximum absolute atomic E-state index is 11.7. The van der Waals surface area contributed by atoms with Gasteiger partial charge < -0.3 is 10.6 Å². The van der Waals surface area contributed by atoms with E-state index >= 15 is 0 Å². The second kappa shape index (κ2) is 5.98. The summed E-state index contributed by atoms with van der Waals surface area (Å²) in [5, 5.41) is 15.9. The predicted octanol–water partition coefficient (Wildman–Crippen LogP) is 3.29. The molecule has 2 aromatic rings. The molecular weight excluding hydrogens is 284 g/mol. The first kappa shape index (κ1) is 13.8. The number of anilines is 2. The van der Waals surface area contributed by atoms with Gasteiger partial charge in [-0.05, 0) is 24.3 Å². The number of nitro groups is 1. The number of nitrogens with one attached hydrogen (secondary N) is 2. The highest BCUT2D eigenvalue weighted by molar-refractivity contribution is 6.29. The van der Waals surface area contributed by atoms with E-state index in [1.165, 1.54) is 36.5 Å². The lowest BCUT2D eigenvalue weighted by Crippen LogP contribution is -2.19. The van der Waals surface area contributed by atoms with Crippen molar-refractivity contribution in [1.82, 2.24) is 4.98 Å². The van der Waals surface area contributed by atoms with Gasteiger partial charge in [0.2, 0.25) is 0 Å². The summed E-state index contributed by atoms with van der Waals surface area (Å²) < 4.78 is 0. The van der Waals surface area contributed by atoms with Crippen LogP contribution in [0.25, 0.3) is 0 Å². The van der Waals surface area contributed by atoms with Crippen molar-refractivity contribution >= 4 is 34.7 Å². The highest BCUT2D eigenvalue weighted by Gasteiger charge is 2.06. The fraction of sp³-hybridized carbons (Fsp3) is 0. The lowest BCUT2D eigenvalue weighted by Gasteiger charge is -2.07. The van der Waals surface area contributed by atoms with Crippen molar-refractivity contribution in [1.29, 1.82) is 0 Å². The van der Waals surface area contributed by atoms with Crippen LogP contribution >= 0.6 is 11.6 Å². The lowest BCUT2D eigenvalue weighted by molar-refractivity contribution is -0.384. The van der Waals surface area contributed by atoms with Crippen LogP contribution in [-0.2, 0) is 0 Å². The molecule has 1 heterocycles. The van der Waals surface area contributed by atoms with E-state index in [9.17, 15) is 14.9 Å². The van der Waals surface area contributed by atoms with Crippen molar-refractivity contribution in [2.45, 2.75) is 0 Å². The van der Waals surface area contributed by atoms with E-state index in [0.29, 0.717) is 11.4 Å². The fourth-order valence-corrected chi connectivity index (χ4v) is 1.61. The van der Waals surface area contributed by atoms with Gasteiger partial charge in [0.15, 0.2) is 0 Å². The molecule has 2 amide bonds. The largest absolute Gasteiger partial charge is 0.323 e. The molecule has 0 radical (unpaired) electrons. The maximum atomic E-state index is 11.7. The van der Waals surface area contributed by atoms with Crippen molar-refractivity contribution in [3.05, 3.63) is 57.9 Å². The molecule has 2 N–H and O–H groups in total. The first-order valence-corrected chi connectivity index (χ1v) is 5.86. The molecule has 1 aromatic heterocycles. The monoisotopic (exact) mass is 292 g/mol. The van der Waals surface area contributed by atoms with Gasteiger partial charge in [-0.15, -0.1) is 0 Å². The van der Waals surface area contributed by atoms with Crippen LogP contribution in [0.15, 0.2) is 42.6 Å². The SMILES string of the molecule is O=C(Nc1ccc([N+](=O)[O-])cc1)Nc1ccnc(Cl)c1. The summed E-state index contributed by atoms with van der Waals surface area (Å²) in [6.07, 6.45) is 1.46. The fourth-order valence-electron chi connectivity index (χ4n) is 1.44. The zero-order chi connectivity index (χ0) is 14.5. The average molecular weight is 293 g/mol. The minimum absolute atomic E-state index is 0.0446. The molecule has 7 nitrogen and oxygen atoms in total. The lowest BCUT2D eigenvalue weighted by atomic mass is 10.3. The van der Waals surface area contributed by atoms with Crippen LogP contribution in [-0.4, -0.2) is 15.9 Å². The molecule has 102 valence electrons. The van der Waals surface area contributed by atoms with Gasteiger partial charge in [-0.3, -0.25) is 10.1 Å². The van der Waals surface area contributed by atoms with Gasteiger partial charge in [-0.1, -0.05) is 11.6 Å². The number of nitrogens with zero attached hydrogens (tertiary/aromatic N) is 2. The summed E-state index contributed by atoms with van der Waals surface area (Å²) in [6, 6.07) is 8.09. The molecule has 8 heteroatoms. The molecule has 0 spiro atoms. The Labute approximate surface area is 118 Å². The van der Waals surface area contributed by atoms with Crippen LogP contribution in [0.1, 0.15) is 0 Å². The van der Waals surface area contributed by atoms with Gasteiger partial charge in [0.05, 0.1) is 4.92 Å². The van der Waals surface area contributed by atoms with E-state index in [4.69, 9.17) is 11.6 Å². The number of aromatic nitrogens is 1. The van der Waals surface area contributed by atoms with Crippen molar-refractivity contribution in [3.8, 4) is 0 Å². The first-order valence-electron chi connectivity index (χ1n) is 5.48. The number of nitro benzene ring substituents is 1. The number of non-ortho nitro benzene ring substituents is 1. The molecule has 0 aliphatic heterocycles. The maximum Gasteiger partial charge on any atom is 0.323 e. The number of amides is 2. The molecule has 0 aliphatic rings. The minimum Gasteiger partial charge on any atom is -0.308 e. The molecule has 0 aliphatic carbocycles. The number of hydrogen-bond acceptors (Lipinski definition) is 4. The highest BCUT2D eigenvalue weighted by Crippen LogP contribution is 2.16. The van der Waals surface area contributed by atoms with Crippen LogP contribution in [0.4, 0.5) is 21.9 Å². The minimum atomic E-state index is -0.511. The summed E-state index contributed by atoms with van der Waals surface area (Å²) in [5.74, 6) is 0. The molecule has 20 heavy (non-hydrogen) atoms. The van der Waals surface area contributed by atoms with Gasteiger partial charge in [-0.2, -0.15) is 0 Å². The Morgan fingerprint density at radius 3 is 2.40 bits per heavy atom. The number of carbonyl (C=O) groups is 1. The van der Waals surface area contributed by atoms with Crippen molar-refractivity contribution in [2.75, 3.05) is 10.6 Å². The van der Waals surface area contributed by atoms with Crippen LogP contribution < -0.4 is 10.6 Å². The molecule has 0 saturated carbocycles. The number of urea groups is 1. The van der Waals surface area contributed by atoms with Gasteiger partial charge in [0.1, 0.15) is 5.15 Å².